The molecule has 6 aromatic rings. The van der Waals surface area contributed by atoms with Gasteiger partial charge in [0, 0.05) is 35.7 Å². The van der Waals surface area contributed by atoms with Crippen molar-refractivity contribution in [2.45, 2.75) is 19.3 Å². The number of nitrogens with zero attached hydrogens (tertiary/aromatic N) is 1. The first-order valence-corrected chi connectivity index (χ1v) is 13.8. The summed E-state index contributed by atoms with van der Waals surface area (Å²) in [5, 5.41) is 2.65. The molecule has 2 heterocycles. The second-order valence-electron chi connectivity index (χ2n) is 9.97. The molecule has 0 N–H and O–H groups in total. The van der Waals surface area contributed by atoms with Crippen LogP contribution in [0.1, 0.15) is 25.0 Å². The Bertz CT molecular complexity index is 1750. The SMILES string of the molecule is CC1(C)c2ccccc2N(c2cc(Br)cc(-c3cccc4c3sc3ccccc34)c2)c2ccccc21. The summed E-state index contributed by atoms with van der Waals surface area (Å²) in [4.78, 5) is 2.43. The number of benzene rings is 5. The molecule has 0 saturated carbocycles. The Morgan fingerprint density at radius 1 is 0.667 bits per heavy atom. The van der Waals surface area contributed by atoms with E-state index < -0.39 is 0 Å². The third-order valence-corrected chi connectivity index (χ3v) is 9.17. The van der Waals surface area contributed by atoms with Crippen molar-refractivity contribution in [1.29, 1.82) is 0 Å². The third kappa shape index (κ3) is 3.20. The highest BCUT2D eigenvalue weighted by molar-refractivity contribution is 9.10. The monoisotopic (exact) mass is 545 g/mol. The molecule has 0 unspecified atom stereocenters. The summed E-state index contributed by atoms with van der Waals surface area (Å²) >= 11 is 5.73. The highest BCUT2D eigenvalue weighted by Gasteiger charge is 2.36. The lowest BCUT2D eigenvalue weighted by Gasteiger charge is -2.42. The largest absolute Gasteiger partial charge is 0.310 e. The minimum Gasteiger partial charge on any atom is -0.310 e. The Labute approximate surface area is 223 Å². The number of anilines is 3. The Kier molecular flexibility index (Phi) is 4.89. The number of para-hydroxylation sites is 2. The maximum absolute atomic E-state index is 3.85. The molecule has 0 bridgehead atoms. The maximum atomic E-state index is 3.85. The quantitative estimate of drug-likeness (QED) is 0.209. The second-order valence-corrected chi connectivity index (χ2v) is 11.9. The van der Waals surface area contributed by atoms with Gasteiger partial charge in [0.2, 0.25) is 0 Å². The van der Waals surface area contributed by atoms with Gasteiger partial charge in [-0.25, -0.2) is 0 Å². The molecule has 1 nitrogen and oxygen atoms in total. The lowest BCUT2D eigenvalue weighted by molar-refractivity contribution is 0.632. The van der Waals surface area contributed by atoms with Crippen molar-refractivity contribution in [3.63, 3.8) is 0 Å². The normalized spacial score (nSPS) is 14.1. The van der Waals surface area contributed by atoms with Gasteiger partial charge in [-0.05, 0) is 58.7 Å². The zero-order valence-electron chi connectivity index (χ0n) is 20.1. The molecule has 1 aliphatic rings. The maximum Gasteiger partial charge on any atom is 0.0502 e. The van der Waals surface area contributed by atoms with Crippen molar-refractivity contribution < 1.29 is 0 Å². The summed E-state index contributed by atoms with van der Waals surface area (Å²) in [6.07, 6.45) is 0. The molecular formula is C33H24BrNS. The first kappa shape index (κ1) is 21.8. The van der Waals surface area contributed by atoms with E-state index in [0.717, 1.165) is 10.2 Å². The molecule has 0 atom stereocenters. The van der Waals surface area contributed by atoms with Crippen LogP contribution < -0.4 is 4.90 Å². The Hall–Kier alpha value is -3.40. The van der Waals surface area contributed by atoms with E-state index in [0.29, 0.717) is 0 Å². The second kappa shape index (κ2) is 8.06. The number of thiophene rings is 1. The molecule has 0 aliphatic carbocycles. The predicted molar refractivity (Wildman–Crippen MR) is 159 cm³/mol. The van der Waals surface area contributed by atoms with Crippen molar-refractivity contribution in [1.82, 2.24) is 0 Å². The van der Waals surface area contributed by atoms with Crippen LogP contribution in [0.15, 0.2) is 114 Å². The van der Waals surface area contributed by atoms with Crippen LogP contribution in [0.5, 0.6) is 0 Å². The minimum absolute atomic E-state index is 0.0683. The van der Waals surface area contributed by atoms with Crippen LogP contribution in [0, 0.1) is 0 Å². The van der Waals surface area contributed by atoms with Crippen molar-refractivity contribution in [3.05, 3.63) is 125 Å². The molecular weight excluding hydrogens is 522 g/mol. The van der Waals surface area contributed by atoms with Gasteiger partial charge in [-0.1, -0.05) is 103 Å². The fourth-order valence-corrected chi connectivity index (χ4v) is 7.50. The molecule has 7 rings (SSSR count). The van der Waals surface area contributed by atoms with E-state index in [1.165, 1.54) is 53.8 Å². The topological polar surface area (TPSA) is 3.24 Å². The molecule has 0 fully saturated rings. The molecule has 174 valence electrons. The Balaban J connectivity index is 1.48. The summed E-state index contributed by atoms with van der Waals surface area (Å²) in [5.74, 6) is 0. The van der Waals surface area contributed by atoms with Gasteiger partial charge in [-0.3, -0.25) is 0 Å². The predicted octanol–water partition coefficient (Wildman–Crippen LogP) is 10.6. The van der Waals surface area contributed by atoms with Gasteiger partial charge in [0.1, 0.15) is 0 Å². The summed E-state index contributed by atoms with van der Waals surface area (Å²) in [5.41, 5.74) is 8.75. The fraction of sp³-hybridized carbons (Fsp3) is 0.0909. The number of hydrogen-bond acceptors (Lipinski definition) is 2. The highest BCUT2D eigenvalue weighted by Crippen LogP contribution is 2.52. The van der Waals surface area contributed by atoms with Gasteiger partial charge in [-0.15, -0.1) is 11.3 Å². The van der Waals surface area contributed by atoms with E-state index in [1.54, 1.807) is 0 Å². The number of fused-ring (bicyclic) bond motifs is 5. The molecule has 1 aromatic heterocycles. The van der Waals surface area contributed by atoms with E-state index >= 15 is 0 Å². The first-order chi connectivity index (χ1) is 17.5. The fourth-order valence-electron chi connectivity index (χ4n) is 5.78. The van der Waals surface area contributed by atoms with Gasteiger partial charge in [-0.2, -0.15) is 0 Å². The van der Waals surface area contributed by atoms with E-state index in [9.17, 15) is 0 Å². The average Bonchev–Trinajstić information content (AvgIpc) is 3.28. The smallest absolute Gasteiger partial charge is 0.0502 e. The van der Waals surface area contributed by atoms with Crippen molar-refractivity contribution in [2.24, 2.45) is 0 Å². The number of hydrogen-bond donors (Lipinski definition) is 0. The van der Waals surface area contributed by atoms with Crippen molar-refractivity contribution >= 4 is 64.5 Å². The highest BCUT2D eigenvalue weighted by atomic mass is 79.9. The van der Waals surface area contributed by atoms with E-state index in [1.807, 2.05) is 11.3 Å². The standard InChI is InChI=1S/C33H24BrNS/c1-33(2)27-13-4-6-15-29(27)35(30-16-7-5-14-28(30)33)23-19-21(18-22(34)20-23)24-11-9-12-26-25-10-3-8-17-31(25)36-32(24)26/h3-20H,1-2H3. The molecule has 0 radical (unpaired) electrons. The van der Waals surface area contributed by atoms with Crippen LogP contribution in [-0.4, -0.2) is 0 Å². The van der Waals surface area contributed by atoms with E-state index in [2.05, 4.69) is 144 Å². The summed E-state index contributed by atoms with van der Waals surface area (Å²) in [6.45, 7) is 4.66. The molecule has 0 amide bonds. The van der Waals surface area contributed by atoms with Gasteiger partial charge in [0.25, 0.3) is 0 Å². The van der Waals surface area contributed by atoms with Gasteiger partial charge < -0.3 is 4.90 Å². The van der Waals surface area contributed by atoms with Gasteiger partial charge in [0.15, 0.2) is 0 Å². The Morgan fingerprint density at radius 3 is 2.06 bits per heavy atom. The van der Waals surface area contributed by atoms with Crippen LogP contribution in [0.4, 0.5) is 17.1 Å². The molecule has 5 aromatic carbocycles. The minimum atomic E-state index is -0.0683. The summed E-state index contributed by atoms with van der Waals surface area (Å²) in [7, 11) is 0. The van der Waals surface area contributed by atoms with Crippen molar-refractivity contribution in [2.75, 3.05) is 4.90 Å². The van der Waals surface area contributed by atoms with Gasteiger partial charge in [0.05, 0.1) is 11.4 Å². The molecule has 36 heavy (non-hydrogen) atoms. The van der Waals surface area contributed by atoms with Crippen LogP contribution in [0.25, 0.3) is 31.3 Å². The van der Waals surface area contributed by atoms with Crippen LogP contribution in [0.3, 0.4) is 0 Å². The lowest BCUT2D eigenvalue weighted by Crippen LogP contribution is -2.30. The number of rotatable bonds is 2. The average molecular weight is 547 g/mol. The molecule has 0 saturated heterocycles. The van der Waals surface area contributed by atoms with Crippen LogP contribution in [0.2, 0.25) is 0 Å². The molecule has 0 spiro atoms. The molecule has 3 heteroatoms. The lowest BCUT2D eigenvalue weighted by atomic mass is 9.73. The zero-order valence-corrected chi connectivity index (χ0v) is 22.5. The van der Waals surface area contributed by atoms with Crippen LogP contribution >= 0.6 is 27.3 Å². The number of halogens is 1. The van der Waals surface area contributed by atoms with E-state index in [-0.39, 0.29) is 5.41 Å². The summed E-state index contributed by atoms with van der Waals surface area (Å²) < 4.78 is 3.74. The van der Waals surface area contributed by atoms with Crippen LogP contribution in [-0.2, 0) is 5.41 Å². The van der Waals surface area contributed by atoms with Crippen molar-refractivity contribution in [3.8, 4) is 11.1 Å². The first-order valence-electron chi connectivity index (χ1n) is 12.2. The molecule has 1 aliphatic heterocycles. The van der Waals surface area contributed by atoms with E-state index in [4.69, 9.17) is 0 Å². The Morgan fingerprint density at radius 2 is 1.31 bits per heavy atom. The third-order valence-electron chi connectivity index (χ3n) is 7.49. The zero-order chi connectivity index (χ0) is 24.4. The van der Waals surface area contributed by atoms with Gasteiger partial charge >= 0.3 is 0 Å². The summed E-state index contributed by atoms with van der Waals surface area (Å²) in [6, 6.07) is 39.9.